The van der Waals surface area contributed by atoms with E-state index in [4.69, 9.17) is 11.6 Å². The number of aromatic nitrogens is 1. The molecule has 4 rings (SSSR count). The molecule has 0 aliphatic carbocycles. The predicted octanol–water partition coefficient (Wildman–Crippen LogP) is 6.06. The van der Waals surface area contributed by atoms with Gasteiger partial charge in [-0.05, 0) is 34.5 Å². The monoisotopic (exact) mass is 363 g/mol. The number of halogens is 1. The molecule has 0 saturated heterocycles. The summed E-state index contributed by atoms with van der Waals surface area (Å²) in [6, 6.07) is 22.2. The highest BCUT2D eigenvalue weighted by Gasteiger charge is 2.05. The summed E-state index contributed by atoms with van der Waals surface area (Å²) in [5.41, 5.74) is 6.00. The summed E-state index contributed by atoms with van der Waals surface area (Å²) in [7, 11) is 0. The van der Waals surface area contributed by atoms with Gasteiger partial charge in [0.25, 0.3) is 0 Å². The van der Waals surface area contributed by atoms with E-state index in [9.17, 15) is 0 Å². The number of hydrazone groups is 1. The third-order valence-electron chi connectivity index (χ3n) is 3.79. The van der Waals surface area contributed by atoms with E-state index < -0.39 is 0 Å². The van der Waals surface area contributed by atoms with Crippen molar-refractivity contribution in [2.24, 2.45) is 5.10 Å². The molecule has 1 N–H and O–H groups in total. The number of rotatable bonds is 4. The van der Waals surface area contributed by atoms with Crippen LogP contribution in [0.25, 0.3) is 22.0 Å². The molecule has 0 radical (unpaired) electrons. The second-order valence-corrected chi connectivity index (χ2v) is 6.82. The van der Waals surface area contributed by atoms with E-state index in [-0.39, 0.29) is 0 Å². The summed E-state index contributed by atoms with van der Waals surface area (Å²) in [6.07, 6.45) is 1.74. The number of benzene rings is 3. The van der Waals surface area contributed by atoms with Gasteiger partial charge < -0.3 is 0 Å². The van der Waals surface area contributed by atoms with Gasteiger partial charge in [-0.2, -0.15) is 5.10 Å². The number of nitrogens with one attached hydrogen (secondary N) is 1. The molecule has 0 atom stereocenters. The van der Waals surface area contributed by atoms with Crippen LogP contribution in [0, 0.1) is 0 Å². The minimum absolute atomic E-state index is 0.713. The number of thiazole rings is 1. The zero-order valence-electron chi connectivity index (χ0n) is 13.2. The van der Waals surface area contributed by atoms with Crippen molar-refractivity contribution in [2.75, 3.05) is 5.43 Å². The highest BCUT2D eigenvalue weighted by molar-refractivity contribution is 7.14. The quantitative estimate of drug-likeness (QED) is 0.353. The fourth-order valence-electron chi connectivity index (χ4n) is 2.52. The van der Waals surface area contributed by atoms with Crippen molar-refractivity contribution in [1.82, 2.24) is 4.98 Å². The van der Waals surface area contributed by atoms with Gasteiger partial charge in [0, 0.05) is 16.0 Å². The molecule has 0 amide bonds. The lowest BCUT2D eigenvalue weighted by atomic mass is 10.1. The van der Waals surface area contributed by atoms with Crippen LogP contribution in [0.15, 0.2) is 77.2 Å². The van der Waals surface area contributed by atoms with Gasteiger partial charge in [-0.15, -0.1) is 11.3 Å². The molecule has 0 fully saturated rings. The summed E-state index contributed by atoms with van der Waals surface area (Å²) in [5, 5.41) is 10.2. The van der Waals surface area contributed by atoms with Gasteiger partial charge in [0.1, 0.15) is 0 Å². The van der Waals surface area contributed by atoms with Gasteiger partial charge in [0.05, 0.1) is 11.9 Å². The summed E-state index contributed by atoms with van der Waals surface area (Å²) >= 11 is 7.40. The zero-order valence-corrected chi connectivity index (χ0v) is 14.8. The minimum atomic E-state index is 0.713. The van der Waals surface area contributed by atoms with Crippen molar-refractivity contribution < 1.29 is 0 Å². The van der Waals surface area contributed by atoms with Gasteiger partial charge in [0.15, 0.2) is 0 Å². The molecule has 3 nitrogen and oxygen atoms in total. The Morgan fingerprint density at radius 1 is 0.960 bits per heavy atom. The van der Waals surface area contributed by atoms with Crippen molar-refractivity contribution in [3.05, 3.63) is 82.7 Å². The molecule has 5 heteroatoms. The van der Waals surface area contributed by atoms with Crippen LogP contribution in [0.3, 0.4) is 0 Å². The Morgan fingerprint density at radius 3 is 2.60 bits per heavy atom. The topological polar surface area (TPSA) is 37.3 Å². The molecule has 4 aromatic rings. The standard InChI is InChI=1S/C20H14ClN3S/c21-18-9-5-14(6-10-18)12-22-24-20-23-19(13-25-20)17-8-7-15-3-1-2-4-16(15)11-17/h1-13H,(H,23,24)/b22-12-. The summed E-state index contributed by atoms with van der Waals surface area (Å²) in [6.45, 7) is 0. The van der Waals surface area contributed by atoms with Crippen LogP contribution in [-0.4, -0.2) is 11.2 Å². The van der Waals surface area contributed by atoms with Crippen LogP contribution in [-0.2, 0) is 0 Å². The molecule has 0 saturated carbocycles. The summed E-state index contributed by atoms with van der Waals surface area (Å²) in [4.78, 5) is 4.61. The molecule has 0 spiro atoms. The smallest absolute Gasteiger partial charge is 0.203 e. The molecule has 25 heavy (non-hydrogen) atoms. The van der Waals surface area contributed by atoms with Gasteiger partial charge in [0.2, 0.25) is 5.13 Å². The second-order valence-electron chi connectivity index (χ2n) is 5.52. The zero-order chi connectivity index (χ0) is 17.1. The van der Waals surface area contributed by atoms with Gasteiger partial charge in [-0.25, -0.2) is 4.98 Å². The first-order chi connectivity index (χ1) is 12.3. The third kappa shape index (κ3) is 3.71. The van der Waals surface area contributed by atoms with E-state index in [0.717, 1.165) is 22.0 Å². The number of hydrogen-bond acceptors (Lipinski definition) is 4. The average molecular weight is 364 g/mol. The number of fused-ring (bicyclic) bond motifs is 1. The van der Waals surface area contributed by atoms with Crippen LogP contribution in [0.5, 0.6) is 0 Å². The first-order valence-electron chi connectivity index (χ1n) is 7.77. The minimum Gasteiger partial charge on any atom is -0.253 e. The summed E-state index contributed by atoms with van der Waals surface area (Å²) in [5.74, 6) is 0. The Bertz CT molecular complexity index is 1040. The van der Waals surface area contributed by atoms with Gasteiger partial charge >= 0.3 is 0 Å². The van der Waals surface area contributed by atoms with Crippen LogP contribution in [0.4, 0.5) is 5.13 Å². The Hall–Kier alpha value is -2.69. The van der Waals surface area contributed by atoms with Crippen molar-refractivity contribution in [3.63, 3.8) is 0 Å². The van der Waals surface area contributed by atoms with Gasteiger partial charge in [-0.1, -0.05) is 60.1 Å². The highest BCUT2D eigenvalue weighted by atomic mass is 35.5. The molecule has 1 aromatic heterocycles. The molecular weight excluding hydrogens is 350 g/mol. The highest BCUT2D eigenvalue weighted by Crippen LogP contribution is 2.27. The molecular formula is C20H14ClN3S. The lowest BCUT2D eigenvalue weighted by Crippen LogP contribution is -1.90. The predicted molar refractivity (Wildman–Crippen MR) is 108 cm³/mol. The normalized spacial score (nSPS) is 11.2. The summed E-state index contributed by atoms with van der Waals surface area (Å²) < 4.78 is 0. The Labute approximate surface area is 154 Å². The molecule has 1 heterocycles. The van der Waals surface area contributed by atoms with Crippen molar-refractivity contribution in [2.45, 2.75) is 0 Å². The number of hydrogen-bond donors (Lipinski definition) is 1. The average Bonchev–Trinajstić information content (AvgIpc) is 3.12. The second kappa shape index (κ2) is 7.05. The van der Waals surface area contributed by atoms with E-state index in [2.05, 4.69) is 45.8 Å². The Balaban J connectivity index is 1.50. The van der Waals surface area contributed by atoms with Crippen LogP contribution < -0.4 is 5.43 Å². The molecule has 0 unspecified atom stereocenters. The van der Waals surface area contributed by atoms with Crippen LogP contribution in [0.2, 0.25) is 5.02 Å². The Morgan fingerprint density at radius 2 is 1.76 bits per heavy atom. The molecule has 122 valence electrons. The van der Waals surface area contributed by atoms with Crippen molar-refractivity contribution in [3.8, 4) is 11.3 Å². The lowest BCUT2D eigenvalue weighted by Gasteiger charge is -2.00. The van der Waals surface area contributed by atoms with E-state index in [0.29, 0.717) is 5.02 Å². The Kier molecular flexibility index (Phi) is 4.46. The number of anilines is 1. The SMILES string of the molecule is Clc1ccc(/C=N\Nc2nc(-c3ccc4ccccc4c3)cs2)cc1. The first-order valence-corrected chi connectivity index (χ1v) is 9.03. The fourth-order valence-corrected chi connectivity index (χ4v) is 3.31. The fraction of sp³-hybridized carbons (Fsp3) is 0. The first kappa shape index (κ1) is 15.8. The maximum atomic E-state index is 5.87. The van der Waals surface area contributed by atoms with E-state index in [1.807, 2.05) is 41.8 Å². The van der Waals surface area contributed by atoms with E-state index >= 15 is 0 Å². The van der Waals surface area contributed by atoms with Gasteiger partial charge in [-0.3, -0.25) is 5.43 Å². The third-order valence-corrected chi connectivity index (χ3v) is 4.79. The largest absolute Gasteiger partial charge is 0.253 e. The van der Waals surface area contributed by atoms with E-state index in [1.54, 1.807) is 6.21 Å². The number of nitrogens with zero attached hydrogens (tertiary/aromatic N) is 2. The maximum Gasteiger partial charge on any atom is 0.203 e. The molecule has 3 aromatic carbocycles. The molecule has 0 aliphatic heterocycles. The molecule has 0 bridgehead atoms. The lowest BCUT2D eigenvalue weighted by molar-refractivity contribution is 1.29. The van der Waals surface area contributed by atoms with Crippen LogP contribution in [0.1, 0.15) is 5.56 Å². The van der Waals surface area contributed by atoms with E-state index in [1.165, 1.54) is 22.1 Å². The maximum absolute atomic E-state index is 5.87. The van der Waals surface area contributed by atoms with Crippen molar-refractivity contribution in [1.29, 1.82) is 0 Å². The van der Waals surface area contributed by atoms with Crippen molar-refractivity contribution >= 4 is 45.1 Å². The van der Waals surface area contributed by atoms with Crippen LogP contribution >= 0.6 is 22.9 Å². The molecule has 0 aliphatic rings.